The molecule has 1 saturated heterocycles. The summed E-state index contributed by atoms with van der Waals surface area (Å²) in [5.41, 5.74) is 4.57. The molecular weight excluding hydrogens is 900 g/mol. The van der Waals surface area contributed by atoms with Gasteiger partial charge < -0.3 is 45.1 Å². The second-order valence-corrected chi connectivity index (χ2v) is 19.6. The normalized spacial score (nSPS) is 20.7. The van der Waals surface area contributed by atoms with Gasteiger partial charge in [0.25, 0.3) is 0 Å². The Morgan fingerprint density at radius 2 is 1.38 bits per heavy atom. The third-order valence-electron chi connectivity index (χ3n) is 10.3. The van der Waals surface area contributed by atoms with Crippen LogP contribution in [0.25, 0.3) is 0 Å². The van der Waals surface area contributed by atoms with Crippen LogP contribution in [0.5, 0.6) is 0 Å². The van der Waals surface area contributed by atoms with Gasteiger partial charge >= 0.3 is 33.3 Å². The van der Waals surface area contributed by atoms with E-state index in [9.17, 15) is 48.6 Å². The molecule has 0 saturated carbocycles. The van der Waals surface area contributed by atoms with Crippen LogP contribution in [0.2, 0.25) is 0 Å². The summed E-state index contributed by atoms with van der Waals surface area (Å²) in [5, 5.41) is 30.4. The fourth-order valence-electron chi connectivity index (χ4n) is 6.47. The minimum Gasteiger partial charge on any atom is -0.462 e. The predicted molar refractivity (Wildman–Crippen MR) is 248 cm³/mol. The van der Waals surface area contributed by atoms with Gasteiger partial charge in [-0.05, 0) is 69.8 Å². The zero-order valence-corrected chi connectivity index (χ0v) is 40.5. The number of aliphatic hydroxyl groups excluding tert-OH is 3. The summed E-state index contributed by atoms with van der Waals surface area (Å²) < 4.78 is 56.5. The molecule has 0 aliphatic carbocycles. The lowest BCUT2D eigenvalue weighted by Crippen LogP contribution is -2.36. The topological polar surface area (TPSA) is 286 Å². The monoisotopic (exact) mass is 975 g/mol. The van der Waals surface area contributed by atoms with Crippen LogP contribution in [-0.4, -0.2) is 96.9 Å². The number of phosphoric acid groups is 2. The van der Waals surface area contributed by atoms with E-state index in [1.807, 2.05) is 25.2 Å². The Morgan fingerprint density at radius 1 is 0.803 bits per heavy atom. The predicted octanol–water partition coefficient (Wildman–Crippen LogP) is 7.43. The van der Waals surface area contributed by atoms with Crippen LogP contribution in [0.3, 0.4) is 0 Å². The molecular formula is C45H75N3O16P2. The highest BCUT2D eigenvalue weighted by Gasteiger charge is 2.46. The highest BCUT2D eigenvalue weighted by atomic mass is 31.3. The number of rotatable bonds is 36. The highest BCUT2D eigenvalue weighted by Crippen LogP contribution is 2.60. The fourth-order valence-corrected chi connectivity index (χ4v) is 8.58. The van der Waals surface area contributed by atoms with E-state index in [1.165, 1.54) is 18.9 Å². The Labute approximate surface area is 389 Å². The molecule has 0 radical (unpaired) electrons. The van der Waals surface area contributed by atoms with Crippen molar-refractivity contribution in [1.82, 2.24) is 9.55 Å². The summed E-state index contributed by atoms with van der Waals surface area (Å²) in [4.78, 5) is 61.6. The Balaban J connectivity index is 1.84. The molecule has 19 nitrogen and oxygen atoms in total. The van der Waals surface area contributed by atoms with Crippen molar-refractivity contribution in [3.8, 4) is 0 Å². The van der Waals surface area contributed by atoms with Crippen LogP contribution < -0.4 is 11.4 Å². The van der Waals surface area contributed by atoms with E-state index in [0.29, 0.717) is 25.2 Å². The number of hydrogen-bond donors (Lipinski definition) is 6. The van der Waals surface area contributed by atoms with E-state index < -0.39 is 83.7 Å². The van der Waals surface area contributed by atoms with Gasteiger partial charge in [0, 0.05) is 19.0 Å². The van der Waals surface area contributed by atoms with Gasteiger partial charge in [0.15, 0.2) is 12.3 Å². The van der Waals surface area contributed by atoms with Crippen molar-refractivity contribution >= 4 is 33.4 Å². The maximum Gasteiger partial charge on any atom is 0.481 e. The number of anilines is 1. The Bertz CT molecular complexity index is 1820. The smallest absolute Gasteiger partial charge is 0.462 e. The van der Waals surface area contributed by atoms with Crippen molar-refractivity contribution < 1.29 is 71.4 Å². The molecule has 1 aromatic heterocycles. The van der Waals surface area contributed by atoms with Crippen molar-refractivity contribution in [2.24, 2.45) is 5.92 Å². The number of hydrogen-bond acceptors (Lipinski definition) is 16. The van der Waals surface area contributed by atoms with Crippen molar-refractivity contribution in [3.63, 3.8) is 0 Å². The molecule has 0 amide bonds. The van der Waals surface area contributed by atoms with Gasteiger partial charge in [0.2, 0.25) is 0 Å². The number of esters is 2. The summed E-state index contributed by atoms with van der Waals surface area (Å²) in [5.74, 6) is -0.714. The number of allylic oxidation sites excluding steroid dienone is 8. The van der Waals surface area contributed by atoms with E-state index >= 15 is 0 Å². The minimum absolute atomic E-state index is 0.0288. The fraction of sp³-hybridized carbons (Fsp3) is 0.689. The first-order chi connectivity index (χ1) is 31.4. The molecule has 1 aliphatic rings. The number of aliphatic hydroxyl groups is 3. The number of nitrogen functional groups attached to an aromatic ring is 1. The summed E-state index contributed by atoms with van der Waals surface area (Å²) in [6.07, 6.45) is 23.4. The first-order valence-corrected chi connectivity index (χ1v) is 26.1. The number of carbonyl (C=O) groups excluding carboxylic acids is 2. The summed E-state index contributed by atoms with van der Waals surface area (Å²) in [6, 6.07) is 1.24. The molecule has 8 atom stereocenters. The van der Waals surface area contributed by atoms with E-state index in [2.05, 4.69) is 53.5 Å². The lowest BCUT2D eigenvalue weighted by atomic mass is 10.0. The number of aromatic nitrogens is 2. The lowest BCUT2D eigenvalue weighted by molar-refractivity contribution is -0.161. The zero-order valence-electron chi connectivity index (χ0n) is 38.8. The average molecular weight is 976 g/mol. The molecule has 1 aliphatic heterocycles. The number of nitrogens with zero attached hydrogens (tertiary/aromatic N) is 2. The summed E-state index contributed by atoms with van der Waals surface area (Å²) >= 11 is 0. The number of phosphoric ester groups is 2. The van der Waals surface area contributed by atoms with Crippen molar-refractivity contribution in [2.45, 2.75) is 173 Å². The molecule has 0 spiro atoms. The molecule has 7 N–H and O–H groups in total. The maximum atomic E-state index is 12.8. The van der Waals surface area contributed by atoms with Crippen LogP contribution in [0.4, 0.5) is 5.82 Å². The van der Waals surface area contributed by atoms with Gasteiger partial charge in [0.05, 0.1) is 19.3 Å². The van der Waals surface area contributed by atoms with Gasteiger partial charge in [-0.3, -0.25) is 23.2 Å². The Hall–Kier alpha value is -3.32. The Morgan fingerprint density at radius 3 is 2.00 bits per heavy atom. The Kier molecular flexibility index (Phi) is 29.6. The lowest BCUT2D eigenvalue weighted by Gasteiger charge is -2.21. The standard InChI is InChI=1S/C45H75N3O16P2/c1-4-36(49)27-23-19-15-11-9-7-5-6-8-10-12-16-20-24-28-40(50)59-32-37(62-41(51)29-25-21-17-13-14-18-22-26-35(2)3)33-60-65(55,56)64-66(57,58)61-34-38-42(52)43(53)44(63-38)48-31-30-39(46)47-45(48)54/h6-9,12,15-16,19,30-31,35-38,42-44,49,52-53H,4-5,10-11,13-14,17-18,20-29,32-34H2,1-3H3,(H,55,56)(H,57,58)(H2,46,47,54)/b8-6-,9-7-,16-12-,19-15-/t36-,37+,38+,42+,43+,44+/m0/s1. The molecule has 1 aromatic rings. The molecule has 2 rings (SSSR count). The second-order valence-electron chi connectivity index (χ2n) is 16.5. The molecule has 1 fully saturated rings. The van der Waals surface area contributed by atoms with Crippen LogP contribution in [-0.2, 0) is 46.3 Å². The number of carbonyl (C=O) groups is 2. The molecule has 0 bridgehead atoms. The molecule has 376 valence electrons. The van der Waals surface area contributed by atoms with Gasteiger partial charge in [-0.1, -0.05) is 114 Å². The molecule has 2 heterocycles. The van der Waals surface area contributed by atoms with Crippen LogP contribution in [0, 0.1) is 5.92 Å². The number of unbranched alkanes of at least 4 members (excludes halogenated alkanes) is 7. The second kappa shape index (κ2) is 33.2. The van der Waals surface area contributed by atoms with E-state index in [4.69, 9.17) is 29.0 Å². The van der Waals surface area contributed by atoms with Crippen LogP contribution in [0.15, 0.2) is 65.7 Å². The minimum atomic E-state index is -5.43. The van der Waals surface area contributed by atoms with Crippen LogP contribution >= 0.6 is 15.6 Å². The first kappa shape index (κ1) is 58.8. The zero-order chi connectivity index (χ0) is 48.8. The first-order valence-electron chi connectivity index (χ1n) is 23.1. The molecule has 66 heavy (non-hydrogen) atoms. The third-order valence-corrected chi connectivity index (χ3v) is 12.9. The summed E-state index contributed by atoms with van der Waals surface area (Å²) in [7, 11) is -10.9. The van der Waals surface area contributed by atoms with Crippen molar-refractivity contribution in [1.29, 1.82) is 0 Å². The maximum absolute atomic E-state index is 12.8. The van der Waals surface area contributed by atoms with Gasteiger partial charge in [-0.2, -0.15) is 9.29 Å². The van der Waals surface area contributed by atoms with Gasteiger partial charge in [-0.25, -0.2) is 13.9 Å². The number of ether oxygens (including phenoxy) is 3. The summed E-state index contributed by atoms with van der Waals surface area (Å²) in [6.45, 7) is 3.99. The SMILES string of the molecule is CC[C@H](O)CC/C=C\C/C=C\C/C=C\C/C=C\CCCC(=O)OC[C@H](COP(=O)(O)OP(=O)(O)OC[C@H]1O[C@@H](n2ccc(N)nc2=O)[C@H](O)[C@@H]1O)OC(=O)CCCCCCCCCC(C)C. The third kappa shape index (κ3) is 26.9. The van der Waals surface area contributed by atoms with Crippen LogP contribution in [0.1, 0.15) is 143 Å². The molecule has 21 heteroatoms. The number of nitrogens with two attached hydrogens (primary N) is 1. The largest absolute Gasteiger partial charge is 0.481 e. The molecule has 0 aromatic carbocycles. The highest BCUT2D eigenvalue weighted by molar-refractivity contribution is 7.61. The van der Waals surface area contributed by atoms with Gasteiger partial charge in [-0.15, -0.1) is 0 Å². The van der Waals surface area contributed by atoms with E-state index in [-0.39, 0.29) is 24.8 Å². The van der Waals surface area contributed by atoms with Gasteiger partial charge in [0.1, 0.15) is 30.7 Å². The van der Waals surface area contributed by atoms with E-state index in [1.54, 1.807) is 0 Å². The van der Waals surface area contributed by atoms with Crippen molar-refractivity contribution in [3.05, 3.63) is 71.4 Å². The average Bonchev–Trinajstić information content (AvgIpc) is 3.53. The van der Waals surface area contributed by atoms with Crippen molar-refractivity contribution in [2.75, 3.05) is 25.6 Å². The van der Waals surface area contributed by atoms with E-state index in [0.717, 1.165) is 81.4 Å². The molecule has 2 unspecified atom stereocenters. The quantitative estimate of drug-likeness (QED) is 0.0165.